The van der Waals surface area contributed by atoms with Crippen LogP contribution in [0.3, 0.4) is 0 Å². The fourth-order valence-corrected chi connectivity index (χ4v) is 0.857. The lowest BCUT2D eigenvalue weighted by molar-refractivity contribution is 0.144. The van der Waals surface area contributed by atoms with E-state index in [1.54, 1.807) is 0 Å². The van der Waals surface area contributed by atoms with Gasteiger partial charge in [0.25, 0.3) is 0 Å². The van der Waals surface area contributed by atoms with Gasteiger partial charge in [0.2, 0.25) is 0 Å². The highest BCUT2D eigenvalue weighted by atomic mass is 16.5. The SMILES string of the molecule is CCOCCCNCC(C)CO. The summed E-state index contributed by atoms with van der Waals surface area (Å²) in [6.45, 7) is 7.78. The predicted octanol–water partition coefficient (Wildman–Crippen LogP) is 0.631. The second-order valence-electron chi connectivity index (χ2n) is 3.04. The molecule has 2 N–H and O–H groups in total. The Hall–Kier alpha value is -0.120. The van der Waals surface area contributed by atoms with Crippen LogP contribution >= 0.6 is 0 Å². The minimum atomic E-state index is 0.262. The summed E-state index contributed by atoms with van der Waals surface area (Å²) in [4.78, 5) is 0. The third-order valence-electron chi connectivity index (χ3n) is 1.65. The molecule has 1 atom stereocenters. The molecule has 12 heavy (non-hydrogen) atoms. The van der Waals surface area contributed by atoms with Gasteiger partial charge in [-0.3, -0.25) is 0 Å². The maximum atomic E-state index is 8.71. The van der Waals surface area contributed by atoms with Crippen molar-refractivity contribution in [3.8, 4) is 0 Å². The van der Waals surface area contributed by atoms with Crippen molar-refractivity contribution in [3.63, 3.8) is 0 Å². The molecule has 0 saturated heterocycles. The summed E-state index contributed by atoms with van der Waals surface area (Å²) in [7, 11) is 0. The van der Waals surface area contributed by atoms with Crippen molar-refractivity contribution in [2.75, 3.05) is 32.9 Å². The molecular formula is C9H21NO2. The van der Waals surface area contributed by atoms with Crippen LogP contribution in [0.4, 0.5) is 0 Å². The lowest BCUT2D eigenvalue weighted by atomic mass is 10.2. The molecule has 3 heteroatoms. The van der Waals surface area contributed by atoms with E-state index in [2.05, 4.69) is 5.32 Å². The van der Waals surface area contributed by atoms with E-state index >= 15 is 0 Å². The van der Waals surface area contributed by atoms with Crippen molar-refractivity contribution in [2.24, 2.45) is 5.92 Å². The molecule has 74 valence electrons. The van der Waals surface area contributed by atoms with Gasteiger partial charge in [-0.2, -0.15) is 0 Å². The summed E-state index contributed by atoms with van der Waals surface area (Å²) in [6, 6.07) is 0. The highest BCUT2D eigenvalue weighted by Crippen LogP contribution is 1.88. The average Bonchev–Trinajstić information content (AvgIpc) is 2.10. The Bertz CT molecular complexity index is 88.6. The van der Waals surface area contributed by atoms with E-state index < -0.39 is 0 Å². The van der Waals surface area contributed by atoms with E-state index in [-0.39, 0.29) is 6.61 Å². The first-order chi connectivity index (χ1) is 5.81. The molecule has 0 amide bonds. The molecule has 0 radical (unpaired) electrons. The normalized spacial score (nSPS) is 13.2. The number of aliphatic hydroxyl groups excluding tert-OH is 1. The van der Waals surface area contributed by atoms with Crippen molar-refractivity contribution < 1.29 is 9.84 Å². The van der Waals surface area contributed by atoms with Crippen LogP contribution in [0.1, 0.15) is 20.3 Å². The molecule has 0 saturated carbocycles. The molecule has 0 spiro atoms. The van der Waals surface area contributed by atoms with Gasteiger partial charge in [-0.1, -0.05) is 6.92 Å². The zero-order chi connectivity index (χ0) is 9.23. The van der Waals surface area contributed by atoms with Gasteiger partial charge < -0.3 is 15.2 Å². The van der Waals surface area contributed by atoms with Gasteiger partial charge in [0.15, 0.2) is 0 Å². The number of rotatable bonds is 8. The highest BCUT2D eigenvalue weighted by molar-refractivity contribution is 4.54. The number of hydrogen-bond donors (Lipinski definition) is 2. The zero-order valence-corrected chi connectivity index (χ0v) is 8.18. The van der Waals surface area contributed by atoms with E-state index in [0.29, 0.717) is 5.92 Å². The molecule has 3 nitrogen and oxygen atoms in total. The quantitative estimate of drug-likeness (QED) is 0.532. The van der Waals surface area contributed by atoms with Crippen LogP contribution in [0, 0.1) is 5.92 Å². The summed E-state index contributed by atoms with van der Waals surface area (Å²) in [5.74, 6) is 0.358. The number of ether oxygens (including phenoxy) is 1. The van der Waals surface area contributed by atoms with Crippen molar-refractivity contribution in [2.45, 2.75) is 20.3 Å². The Labute approximate surface area is 75.1 Å². The standard InChI is InChI=1S/C9H21NO2/c1-3-12-6-4-5-10-7-9(2)8-11/h9-11H,3-8H2,1-2H3. The first-order valence-corrected chi connectivity index (χ1v) is 4.70. The number of nitrogens with one attached hydrogen (secondary N) is 1. The lowest BCUT2D eigenvalue weighted by Crippen LogP contribution is -2.24. The maximum Gasteiger partial charge on any atom is 0.0477 e. The molecular weight excluding hydrogens is 154 g/mol. The molecule has 1 unspecified atom stereocenters. The average molecular weight is 175 g/mol. The van der Waals surface area contributed by atoms with Crippen LogP contribution in [0.15, 0.2) is 0 Å². The van der Waals surface area contributed by atoms with Crippen molar-refractivity contribution in [3.05, 3.63) is 0 Å². The molecule has 0 aromatic rings. The zero-order valence-electron chi connectivity index (χ0n) is 8.18. The Morgan fingerprint density at radius 1 is 1.50 bits per heavy atom. The van der Waals surface area contributed by atoms with Gasteiger partial charge in [-0.05, 0) is 32.4 Å². The summed E-state index contributed by atoms with van der Waals surface area (Å²) in [5.41, 5.74) is 0. The van der Waals surface area contributed by atoms with E-state index in [0.717, 1.165) is 32.7 Å². The van der Waals surface area contributed by atoms with Gasteiger partial charge in [0.1, 0.15) is 0 Å². The number of aliphatic hydroxyl groups is 1. The maximum absolute atomic E-state index is 8.71. The largest absolute Gasteiger partial charge is 0.396 e. The molecule has 0 aliphatic carbocycles. The van der Waals surface area contributed by atoms with Crippen LogP contribution in [-0.4, -0.2) is 38.0 Å². The fraction of sp³-hybridized carbons (Fsp3) is 1.00. The van der Waals surface area contributed by atoms with Crippen molar-refractivity contribution >= 4 is 0 Å². The van der Waals surface area contributed by atoms with E-state index in [9.17, 15) is 0 Å². The molecule has 0 fully saturated rings. The lowest BCUT2D eigenvalue weighted by Gasteiger charge is -2.08. The summed E-state index contributed by atoms with van der Waals surface area (Å²) >= 11 is 0. The smallest absolute Gasteiger partial charge is 0.0477 e. The minimum Gasteiger partial charge on any atom is -0.396 e. The van der Waals surface area contributed by atoms with Crippen LogP contribution in [0.5, 0.6) is 0 Å². The Morgan fingerprint density at radius 2 is 2.25 bits per heavy atom. The van der Waals surface area contributed by atoms with Crippen LogP contribution in [0.25, 0.3) is 0 Å². The monoisotopic (exact) mass is 175 g/mol. The summed E-state index contributed by atoms with van der Waals surface area (Å²) < 4.78 is 5.18. The Morgan fingerprint density at radius 3 is 2.83 bits per heavy atom. The fourth-order valence-electron chi connectivity index (χ4n) is 0.857. The Kier molecular flexibility index (Phi) is 8.88. The molecule has 0 aliphatic rings. The molecule has 0 aromatic carbocycles. The van der Waals surface area contributed by atoms with E-state index in [1.165, 1.54) is 0 Å². The predicted molar refractivity (Wildman–Crippen MR) is 50.2 cm³/mol. The molecule has 0 heterocycles. The molecule has 0 aromatic heterocycles. The highest BCUT2D eigenvalue weighted by Gasteiger charge is 1.97. The van der Waals surface area contributed by atoms with Gasteiger partial charge in [0, 0.05) is 19.8 Å². The van der Waals surface area contributed by atoms with Crippen LogP contribution in [0.2, 0.25) is 0 Å². The molecule has 0 aliphatic heterocycles. The van der Waals surface area contributed by atoms with Gasteiger partial charge >= 0.3 is 0 Å². The summed E-state index contributed by atoms with van der Waals surface area (Å²) in [5, 5.41) is 12.0. The van der Waals surface area contributed by atoms with Gasteiger partial charge in [-0.25, -0.2) is 0 Å². The second kappa shape index (κ2) is 8.97. The molecule has 0 rings (SSSR count). The second-order valence-corrected chi connectivity index (χ2v) is 3.04. The summed E-state index contributed by atoms with van der Waals surface area (Å²) in [6.07, 6.45) is 1.05. The number of hydrogen-bond acceptors (Lipinski definition) is 3. The van der Waals surface area contributed by atoms with Gasteiger partial charge in [-0.15, -0.1) is 0 Å². The van der Waals surface area contributed by atoms with Crippen molar-refractivity contribution in [1.82, 2.24) is 5.32 Å². The first kappa shape index (κ1) is 11.9. The Balaban J connectivity index is 2.90. The van der Waals surface area contributed by atoms with Crippen LogP contribution < -0.4 is 5.32 Å². The van der Waals surface area contributed by atoms with Gasteiger partial charge in [0.05, 0.1) is 0 Å². The van der Waals surface area contributed by atoms with Crippen molar-refractivity contribution in [1.29, 1.82) is 0 Å². The third kappa shape index (κ3) is 7.98. The van der Waals surface area contributed by atoms with E-state index in [1.807, 2.05) is 13.8 Å². The minimum absolute atomic E-state index is 0.262. The first-order valence-electron chi connectivity index (χ1n) is 4.70. The third-order valence-corrected chi connectivity index (χ3v) is 1.65. The topological polar surface area (TPSA) is 41.5 Å². The van der Waals surface area contributed by atoms with E-state index in [4.69, 9.17) is 9.84 Å². The molecule has 0 bridgehead atoms. The van der Waals surface area contributed by atoms with Crippen LogP contribution in [-0.2, 0) is 4.74 Å².